The minimum atomic E-state index is 0.112. The molecule has 0 atom stereocenters. The highest BCUT2D eigenvalue weighted by molar-refractivity contribution is 5.73. The first-order valence-electron chi connectivity index (χ1n) is 9.29. The van der Waals surface area contributed by atoms with Crippen LogP contribution in [0, 0.1) is 11.3 Å². The molecule has 0 radical (unpaired) electrons. The number of nitrogens with zero attached hydrogens (tertiary/aromatic N) is 5. The number of pyridine rings is 1. The molecule has 0 aliphatic carbocycles. The molecule has 4 rings (SSSR count). The Morgan fingerprint density at radius 2 is 1.93 bits per heavy atom. The van der Waals surface area contributed by atoms with Crippen LogP contribution in [0.3, 0.4) is 0 Å². The second kappa shape index (κ2) is 7.28. The van der Waals surface area contributed by atoms with Gasteiger partial charge in [-0.15, -0.1) is 0 Å². The second-order valence-electron chi connectivity index (χ2n) is 7.10. The van der Waals surface area contributed by atoms with Gasteiger partial charge in [0.2, 0.25) is 5.91 Å². The summed E-state index contributed by atoms with van der Waals surface area (Å²) >= 11 is 0. The van der Waals surface area contributed by atoms with Crippen LogP contribution in [0.5, 0.6) is 0 Å². The number of nitriles is 1. The molecule has 3 aromatic rings. The van der Waals surface area contributed by atoms with E-state index in [1.165, 1.54) is 16.8 Å². The van der Waals surface area contributed by atoms with Crippen LogP contribution < -0.4 is 0 Å². The van der Waals surface area contributed by atoms with E-state index in [0.717, 1.165) is 36.2 Å². The van der Waals surface area contributed by atoms with Crippen molar-refractivity contribution < 1.29 is 4.79 Å². The van der Waals surface area contributed by atoms with Crippen LogP contribution in [0.25, 0.3) is 11.1 Å². The molecule has 1 amide bonds. The quantitative estimate of drug-likeness (QED) is 0.709. The van der Waals surface area contributed by atoms with Gasteiger partial charge in [-0.1, -0.05) is 24.3 Å². The van der Waals surface area contributed by atoms with Gasteiger partial charge in [-0.2, -0.15) is 10.4 Å². The van der Waals surface area contributed by atoms with Crippen LogP contribution in [0.4, 0.5) is 0 Å². The number of rotatable bonds is 3. The Hall–Kier alpha value is -3.46. The van der Waals surface area contributed by atoms with Gasteiger partial charge in [0.25, 0.3) is 0 Å². The van der Waals surface area contributed by atoms with Crippen molar-refractivity contribution in [2.75, 3.05) is 6.54 Å². The highest BCUT2D eigenvalue weighted by Crippen LogP contribution is 2.25. The van der Waals surface area contributed by atoms with Gasteiger partial charge < -0.3 is 4.90 Å². The maximum Gasteiger partial charge on any atom is 0.219 e. The number of benzene rings is 1. The van der Waals surface area contributed by atoms with E-state index in [1.807, 2.05) is 28.8 Å². The van der Waals surface area contributed by atoms with E-state index in [-0.39, 0.29) is 5.91 Å². The Balaban J connectivity index is 1.55. The van der Waals surface area contributed by atoms with E-state index < -0.39 is 0 Å². The standard InChI is InChI=1S/C22H21N5O/c1-15(28)27-10-9-22-20(14-27)21(25-26(22)2)11-16-3-5-17(6-4-16)18-7-8-19(12-23)24-13-18/h3-8,13H,9-11,14H2,1-2H3. The van der Waals surface area contributed by atoms with Gasteiger partial charge in [-0.3, -0.25) is 9.48 Å². The molecule has 1 aliphatic heterocycles. The number of amides is 1. The third-order valence-electron chi connectivity index (χ3n) is 5.31. The molecule has 0 N–H and O–H groups in total. The van der Waals surface area contributed by atoms with Crippen LogP contribution in [-0.4, -0.2) is 32.1 Å². The molecule has 28 heavy (non-hydrogen) atoms. The van der Waals surface area contributed by atoms with Crippen molar-refractivity contribution >= 4 is 5.91 Å². The van der Waals surface area contributed by atoms with E-state index in [4.69, 9.17) is 10.4 Å². The van der Waals surface area contributed by atoms with E-state index in [1.54, 1.807) is 19.2 Å². The zero-order valence-electron chi connectivity index (χ0n) is 16.0. The molecule has 0 spiro atoms. The topological polar surface area (TPSA) is 74.8 Å². The molecule has 2 aromatic heterocycles. The zero-order chi connectivity index (χ0) is 19.7. The van der Waals surface area contributed by atoms with Crippen molar-refractivity contribution in [1.82, 2.24) is 19.7 Å². The molecule has 0 bridgehead atoms. The number of carbonyl (C=O) groups excluding carboxylic acids is 1. The lowest BCUT2D eigenvalue weighted by molar-refractivity contribution is -0.129. The first-order chi connectivity index (χ1) is 13.5. The molecule has 0 unspecified atom stereocenters. The highest BCUT2D eigenvalue weighted by Gasteiger charge is 2.25. The minimum Gasteiger partial charge on any atom is -0.338 e. The van der Waals surface area contributed by atoms with Gasteiger partial charge in [0.05, 0.1) is 5.69 Å². The Kier molecular flexibility index (Phi) is 4.66. The monoisotopic (exact) mass is 371 g/mol. The summed E-state index contributed by atoms with van der Waals surface area (Å²) in [6.07, 6.45) is 3.31. The Morgan fingerprint density at radius 3 is 2.57 bits per heavy atom. The van der Waals surface area contributed by atoms with Gasteiger partial charge in [0.1, 0.15) is 11.8 Å². The predicted molar refractivity (Wildman–Crippen MR) is 105 cm³/mol. The molecule has 0 fully saturated rings. The lowest BCUT2D eigenvalue weighted by atomic mass is 9.99. The number of aromatic nitrogens is 3. The summed E-state index contributed by atoms with van der Waals surface area (Å²) in [7, 11) is 1.98. The van der Waals surface area contributed by atoms with E-state index >= 15 is 0 Å². The number of carbonyl (C=O) groups is 1. The normalized spacial score (nSPS) is 13.1. The van der Waals surface area contributed by atoms with Gasteiger partial charge >= 0.3 is 0 Å². The summed E-state index contributed by atoms with van der Waals surface area (Å²) in [5.41, 5.74) is 7.09. The van der Waals surface area contributed by atoms with Crippen LogP contribution in [0.15, 0.2) is 42.6 Å². The number of hydrogen-bond acceptors (Lipinski definition) is 4. The maximum atomic E-state index is 11.8. The Morgan fingerprint density at radius 1 is 1.18 bits per heavy atom. The number of hydrogen-bond donors (Lipinski definition) is 0. The first kappa shape index (κ1) is 17.9. The lowest BCUT2D eigenvalue weighted by Crippen LogP contribution is -2.34. The van der Waals surface area contributed by atoms with Crippen molar-refractivity contribution in [3.8, 4) is 17.2 Å². The van der Waals surface area contributed by atoms with Crippen molar-refractivity contribution in [2.24, 2.45) is 7.05 Å². The number of fused-ring (bicyclic) bond motifs is 1. The first-order valence-corrected chi connectivity index (χ1v) is 9.29. The second-order valence-corrected chi connectivity index (χ2v) is 7.10. The van der Waals surface area contributed by atoms with Crippen molar-refractivity contribution in [3.05, 3.63) is 70.8 Å². The van der Waals surface area contributed by atoms with Crippen molar-refractivity contribution in [2.45, 2.75) is 26.3 Å². The van der Waals surface area contributed by atoms with Crippen molar-refractivity contribution in [1.29, 1.82) is 5.26 Å². The molecule has 3 heterocycles. The maximum absolute atomic E-state index is 11.8. The van der Waals surface area contributed by atoms with Gasteiger partial charge in [-0.05, 0) is 23.3 Å². The fourth-order valence-corrected chi connectivity index (χ4v) is 3.72. The largest absolute Gasteiger partial charge is 0.338 e. The average Bonchev–Trinajstić information content (AvgIpc) is 3.03. The van der Waals surface area contributed by atoms with Gasteiger partial charge in [-0.25, -0.2) is 4.98 Å². The molecule has 1 aromatic carbocycles. The highest BCUT2D eigenvalue weighted by atomic mass is 16.2. The predicted octanol–water partition coefficient (Wildman–Crippen LogP) is 2.85. The smallest absolute Gasteiger partial charge is 0.219 e. The van der Waals surface area contributed by atoms with E-state index in [0.29, 0.717) is 12.2 Å². The average molecular weight is 371 g/mol. The summed E-state index contributed by atoms with van der Waals surface area (Å²) < 4.78 is 1.96. The molecule has 0 saturated carbocycles. The Labute approximate surface area is 164 Å². The van der Waals surface area contributed by atoms with E-state index in [2.05, 4.69) is 29.2 Å². The van der Waals surface area contributed by atoms with Crippen molar-refractivity contribution in [3.63, 3.8) is 0 Å². The molecule has 6 heteroatoms. The Bertz CT molecular complexity index is 1060. The van der Waals surface area contributed by atoms with Crippen LogP contribution in [-0.2, 0) is 31.2 Å². The molecule has 6 nitrogen and oxygen atoms in total. The molecule has 140 valence electrons. The summed E-state index contributed by atoms with van der Waals surface area (Å²) in [5, 5.41) is 13.6. The van der Waals surface area contributed by atoms with Gasteiger partial charge in [0.15, 0.2) is 0 Å². The van der Waals surface area contributed by atoms with E-state index in [9.17, 15) is 4.79 Å². The number of aryl methyl sites for hydroxylation is 1. The molecule has 0 saturated heterocycles. The van der Waals surface area contributed by atoms with Gasteiger partial charge in [0, 0.05) is 62.9 Å². The zero-order valence-corrected chi connectivity index (χ0v) is 16.0. The fourth-order valence-electron chi connectivity index (χ4n) is 3.72. The summed E-state index contributed by atoms with van der Waals surface area (Å²) in [5.74, 6) is 0.112. The van der Waals surface area contributed by atoms with Crippen LogP contribution in [0.2, 0.25) is 0 Å². The molecule has 1 aliphatic rings. The summed E-state index contributed by atoms with van der Waals surface area (Å²) in [6.45, 7) is 3.02. The molecular formula is C22H21N5O. The third kappa shape index (κ3) is 3.39. The SMILES string of the molecule is CC(=O)N1CCc2c(c(Cc3ccc(-c4ccc(C#N)nc4)cc3)nn2C)C1. The van der Waals surface area contributed by atoms with Crippen LogP contribution in [0.1, 0.15) is 35.1 Å². The minimum absolute atomic E-state index is 0.112. The summed E-state index contributed by atoms with van der Waals surface area (Å²) in [4.78, 5) is 17.8. The fraction of sp³-hybridized carbons (Fsp3) is 0.273. The third-order valence-corrected chi connectivity index (χ3v) is 5.31. The molecular weight excluding hydrogens is 350 g/mol. The summed E-state index contributed by atoms with van der Waals surface area (Å²) in [6, 6.07) is 14.0. The lowest BCUT2D eigenvalue weighted by Gasteiger charge is -2.26. The van der Waals surface area contributed by atoms with Crippen LogP contribution >= 0.6 is 0 Å².